The minimum absolute atomic E-state index is 0.163. The van der Waals surface area contributed by atoms with Gasteiger partial charge in [-0.3, -0.25) is 0 Å². The van der Waals surface area contributed by atoms with Crippen molar-refractivity contribution in [2.75, 3.05) is 6.61 Å². The fourth-order valence-corrected chi connectivity index (χ4v) is 1.54. The zero-order chi connectivity index (χ0) is 14.5. The minimum Gasteiger partial charge on any atom is -0.367 e. The fourth-order valence-electron chi connectivity index (χ4n) is 1.31. The van der Waals surface area contributed by atoms with E-state index in [4.69, 9.17) is 11.6 Å². The molecule has 3 nitrogen and oxygen atoms in total. The average Bonchev–Trinajstić information content (AvgIpc) is 2.38. The molecular weight excluding hydrogens is 288 g/mol. The SMILES string of the molecule is CCc1nc(COCC(F)(F)C(F)F)ncc1CCl. The smallest absolute Gasteiger partial charge is 0.330 e. The topological polar surface area (TPSA) is 35.0 Å². The molecule has 1 aromatic heterocycles. The summed E-state index contributed by atoms with van der Waals surface area (Å²) in [6.07, 6.45) is -1.67. The van der Waals surface area contributed by atoms with Crippen LogP contribution < -0.4 is 0 Å². The number of hydrogen-bond donors (Lipinski definition) is 0. The first-order chi connectivity index (χ1) is 8.90. The predicted molar refractivity (Wildman–Crippen MR) is 61.6 cm³/mol. The second kappa shape index (κ2) is 7.00. The van der Waals surface area contributed by atoms with E-state index in [0.29, 0.717) is 12.1 Å². The van der Waals surface area contributed by atoms with Gasteiger partial charge in [-0.2, -0.15) is 8.78 Å². The Morgan fingerprint density at radius 1 is 1.42 bits per heavy atom. The van der Waals surface area contributed by atoms with Gasteiger partial charge in [-0.05, 0) is 6.42 Å². The molecule has 0 amide bonds. The number of halogens is 5. The summed E-state index contributed by atoms with van der Waals surface area (Å²) in [5.74, 6) is -3.76. The summed E-state index contributed by atoms with van der Waals surface area (Å²) in [7, 11) is 0. The Labute approximate surface area is 113 Å². The maximum Gasteiger partial charge on any atom is 0.330 e. The third kappa shape index (κ3) is 4.58. The van der Waals surface area contributed by atoms with Gasteiger partial charge in [0.1, 0.15) is 13.2 Å². The van der Waals surface area contributed by atoms with Crippen LogP contribution in [0, 0.1) is 0 Å². The van der Waals surface area contributed by atoms with Gasteiger partial charge in [-0.15, -0.1) is 11.6 Å². The highest BCUT2D eigenvalue weighted by molar-refractivity contribution is 6.17. The molecular formula is C11H13ClF4N2O. The van der Waals surface area contributed by atoms with Crippen molar-refractivity contribution in [2.45, 2.75) is 38.2 Å². The van der Waals surface area contributed by atoms with Gasteiger partial charge in [0.15, 0.2) is 5.82 Å². The third-order valence-electron chi connectivity index (χ3n) is 2.33. The second-order valence-electron chi connectivity index (χ2n) is 3.80. The number of nitrogens with zero attached hydrogens (tertiary/aromatic N) is 2. The summed E-state index contributed by atoms with van der Waals surface area (Å²) < 4.78 is 53.5. The van der Waals surface area contributed by atoms with E-state index in [9.17, 15) is 17.6 Å². The van der Waals surface area contributed by atoms with E-state index in [0.717, 1.165) is 5.56 Å². The van der Waals surface area contributed by atoms with Crippen molar-refractivity contribution in [1.82, 2.24) is 9.97 Å². The molecule has 0 aromatic carbocycles. The van der Waals surface area contributed by atoms with Gasteiger partial charge in [0, 0.05) is 17.5 Å². The highest BCUT2D eigenvalue weighted by Crippen LogP contribution is 2.23. The zero-order valence-electron chi connectivity index (χ0n) is 10.2. The molecule has 0 fully saturated rings. The molecule has 8 heteroatoms. The lowest BCUT2D eigenvalue weighted by Gasteiger charge is -2.15. The number of ether oxygens (including phenoxy) is 1. The highest BCUT2D eigenvalue weighted by Gasteiger charge is 2.40. The monoisotopic (exact) mass is 300 g/mol. The lowest BCUT2D eigenvalue weighted by molar-refractivity contribution is -0.168. The van der Waals surface area contributed by atoms with Gasteiger partial charge < -0.3 is 4.74 Å². The van der Waals surface area contributed by atoms with Gasteiger partial charge >= 0.3 is 12.3 Å². The average molecular weight is 301 g/mol. The van der Waals surface area contributed by atoms with Crippen molar-refractivity contribution in [2.24, 2.45) is 0 Å². The molecule has 1 aromatic rings. The molecule has 0 bridgehead atoms. The van der Waals surface area contributed by atoms with Crippen molar-refractivity contribution >= 4 is 11.6 Å². The molecule has 1 rings (SSSR count). The van der Waals surface area contributed by atoms with Crippen LogP contribution in [-0.4, -0.2) is 28.9 Å². The number of rotatable bonds is 7. The van der Waals surface area contributed by atoms with E-state index in [1.165, 1.54) is 6.20 Å². The molecule has 19 heavy (non-hydrogen) atoms. The van der Waals surface area contributed by atoms with Crippen LogP contribution in [0.1, 0.15) is 24.0 Å². The summed E-state index contributed by atoms with van der Waals surface area (Å²) in [5, 5.41) is 0. The van der Waals surface area contributed by atoms with Crippen LogP contribution in [-0.2, 0) is 23.6 Å². The molecule has 0 unspecified atom stereocenters. The van der Waals surface area contributed by atoms with E-state index < -0.39 is 19.0 Å². The normalized spacial score (nSPS) is 12.2. The largest absolute Gasteiger partial charge is 0.367 e. The molecule has 0 atom stereocenters. The molecule has 0 radical (unpaired) electrons. The van der Waals surface area contributed by atoms with Crippen LogP contribution in [0.25, 0.3) is 0 Å². The maximum absolute atomic E-state index is 12.6. The Morgan fingerprint density at radius 2 is 2.11 bits per heavy atom. The summed E-state index contributed by atoms with van der Waals surface area (Å²) in [4.78, 5) is 7.94. The third-order valence-corrected chi connectivity index (χ3v) is 2.62. The summed E-state index contributed by atoms with van der Waals surface area (Å²) in [5.41, 5.74) is 1.43. The molecule has 0 saturated heterocycles. The Bertz CT molecular complexity index is 418. The highest BCUT2D eigenvalue weighted by atomic mass is 35.5. The Balaban J connectivity index is 2.59. The first-order valence-electron chi connectivity index (χ1n) is 5.54. The Hall–Kier alpha value is -0.950. The Morgan fingerprint density at radius 3 is 2.63 bits per heavy atom. The summed E-state index contributed by atoms with van der Waals surface area (Å²) >= 11 is 5.67. The van der Waals surface area contributed by atoms with Gasteiger partial charge in [-0.1, -0.05) is 6.92 Å². The number of alkyl halides is 5. The molecule has 0 aliphatic carbocycles. The van der Waals surface area contributed by atoms with E-state index in [2.05, 4.69) is 14.7 Å². The second-order valence-corrected chi connectivity index (χ2v) is 4.07. The van der Waals surface area contributed by atoms with E-state index in [1.54, 1.807) is 0 Å². The zero-order valence-corrected chi connectivity index (χ0v) is 10.9. The van der Waals surface area contributed by atoms with E-state index in [-0.39, 0.29) is 18.3 Å². The maximum atomic E-state index is 12.6. The summed E-state index contributed by atoms with van der Waals surface area (Å²) in [6, 6.07) is 0. The van der Waals surface area contributed by atoms with Crippen LogP contribution in [0.3, 0.4) is 0 Å². The molecule has 0 aliphatic rings. The first kappa shape index (κ1) is 16.1. The number of hydrogen-bond acceptors (Lipinski definition) is 3. The quantitative estimate of drug-likeness (QED) is 0.573. The molecule has 0 aliphatic heterocycles. The molecule has 1 heterocycles. The Kier molecular flexibility index (Phi) is 5.93. The van der Waals surface area contributed by atoms with Gasteiger partial charge in [0.25, 0.3) is 0 Å². The van der Waals surface area contributed by atoms with Crippen LogP contribution in [0.5, 0.6) is 0 Å². The van der Waals surface area contributed by atoms with E-state index >= 15 is 0 Å². The van der Waals surface area contributed by atoms with Crippen molar-refractivity contribution in [3.05, 3.63) is 23.3 Å². The van der Waals surface area contributed by atoms with Gasteiger partial charge in [-0.25, -0.2) is 18.7 Å². The van der Waals surface area contributed by atoms with Crippen molar-refractivity contribution < 1.29 is 22.3 Å². The number of aromatic nitrogens is 2. The lowest BCUT2D eigenvalue weighted by atomic mass is 10.2. The predicted octanol–water partition coefficient (Wildman–Crippen LogP) is 3.19. The van der Waals surface area contributed by atoms with Crippen LogP contribution in [0.2, 0.25) is 0 Å². The molecule has 0 N–H and O–H groups in total. The van der Waals surface area contributed by atoms with Crippen molar-refractivity contribution in [3.8, 4) is 0 Å². The summed E-state index contributed by atoms with van der Waals surface area (Å²) in [6.45, 7) is 0.137. The van der Waals surface area contributed by atoms with Gasteiger partial charge in [0.05, 0.1) is 5.88 Å². The number of aryl methyl sites for hydroxylation is 1. The van der Waals surface area contributed by atoms with Crippen LogP contribution in [0.4, 0.5) is 17.6 Å². The fraction of sp³-hybridized carbons (Fsp3) is 0.636. The van der Waals surface area contributed by atoms with E-state index in [1.807, 2.05) is 6.92 Å². The lowest BCUT2D eigenvalue weighted by Crippen LogP contribution is -2.32. The molecule has 0 saturated carbocycles. The minimum atomic E-state index is -4.16. The standard InChI is InChI=1S/C11H13ClF4N2O/c1-2-8-7(3-12)4-17-9(18-8)5-19-6-11(15,16)10(13)14/h4,10H,2-3,5-6H2,1H3. The van der Waals surface area contributed by atoms with Crippen molar-refractivity contribution in [3.63, 3.8) is 0 Å². The van der Waals surface area contributed by atoms with Gasteiger partial charge in [0.2, 0.25) is 0 Å². The molecule has 108 valence electrons. The molecule has 0 spiro atoms. The van der Waals surface area contributed by atoms with Crippen LogP contribution in [0.15, 0.2) is 6.20 Å². The van der Waals surface area contributed by atoms with Crippen molar-refractivity contribution in [1.29, 1.82) is 0 Å². The van der Waals surface area contributed by atoms with Crippen LogP contribution >= 0.6 is 11.6 Å². The first-order valence-corrected chi connectivity index (χ1v) is 6.07.